The third-order valence-electron chi connectivity index (χ3n) is 3.39. The van der Waals surface area contributed by atoms with E-state index in [4.69, 9.17) is 12.2 Å². The number of nitrogens with zero attached hydrogens (tertiary/aromatic N) is 2. The molecule has 5 heteroatoms. The first-order valence-corrected chi connectivity index (χ1v) is 7.25. The molecule has 0 aromatic carbocycles. The Kier molecular flexibility index (Phi) is 4.99. The fraction of sp³-hybridized carbons (Fsp3) is 0.692. The maximum absolute atomic E-state index is 5.31. The lowest BCUT2D eigenvalue weighted by Crippen LogP contribution is -2.42. The summed E-state index contributed by atoms with van der Waals surface area (Å²) in [6, 6.07) is 2.59. The molecule has 18 heavy (non-hydrogen) atoms. The smallest absolute Gasteiger partial charge is 0.166 e. The van der Waals surface area contributed by atoms with Gasteiger partial charge in [-0.05, 0) is 38.0 Å². The Hall–Kier alpha value is -1.10. The Labute approximate surface area is 114 Å². The fourth-order valence-corrected chi connectivity index (χ4v) is 2.57. The van der Waals surface area contributed by atoms with E-state index in [-0.39, 0.29) is 0 Å². The van der Waals surface area contributed by atoms with E-state index in [0.717, 1.165) is 17.4 Å². The number of hydrogen-bond acceptors (Lipinski definition) is 2. The van der Waals surface area contributed by atoms with Crippen LogP contribution in [-0.4, -0.2) is 20.9 Å². The van der Waals surface area contributed by atoms with Crippen LogP contribution in [0.4, 0.5) is 0 Å². The third-order valence-corrected chi connectivity index (χ3v) is 3.65. The van der Waals surface area contributed by atoms with Crippen LogP contribution >= 0.6 is 12.2 Å². The molecule has 0 unspecified atom stereocenters. The Morgan fingerprint density at radius 3 is 2.89 bits per heavy atom. The van der Waals surface area contributed by atoms with Crippen LogP contribution in [0.15, 0.2) is 12.3 Å². The predicted molar refractivity (Wildman–Crippen MR) is 77.3 cm³/mol. The normalized spacial score (nSPS) is 16.5. The van der Waals surface area contributed by atoms with E-state index in [0.29, 0.717) is 12.6 Å². The van der Waals surface area contributed by atoms with Crippen LogP contribution in [-0.2, 0) is 13.1 Å². The van der Waals surface area contributed by atoms with E-state index >= 15 is 0 Å². The van der Waals surface area contributed by atoms with E-state index in [2.05, 4.69) is 22.7 Å². The molecular formula is C13H22N4S. The van der Waals surface area contributed by atoms with Crippen molar-refractivity contribution in [2.75, 3.05) is 0 Å². The molecule has 100 valence electrons. The van der Waals surface area contributed by atoms with Crippen molar-refractivity contribution in [1.29, 1.82) is 0 Å². The average molecular weight is 266 g/mol. The van der Waals surface area contributed by atoms with Crippen LogP contribution in [0.3, 0.4) is 0 Å². The van der Waals surface area contributed by atoms with E-state index < -0.39 is 0 Å². The summed E-state index contributed by atoms with van der Waals surface area (Å²) in [6.07, 6.45) is 8.49. The van der Waals surface area contributed by atoms with Gasteiger partial charge in [0, 0.05) is 18.8 Å². The van der Waals surface area contributed by atoms with Crippen molar-refractivity contribution < 1.29 is 0 Å². The van der Waals surface area contributed by atoms with E-state index in [1.807, 2.05) is 16.9 Å². The Morgan fingerprint density at radius 2 is 2.22 bits per heavy atom. The molecule has 1 aliphatic carbocycles. The van der Waals surface area contributed by atoms with Crippen molar-refractivity contribution in [3.05, 3.63) is 18.0 Å². The van der Waals surface area contributed by atoms with E-state index in [1.54, 1.807) is 0 Å². The summed E-state index contributed by atoms with van der Waals surface area (Å²) in [5.74, 6) is 0. The maximum atomic E-state index is 5.31. The Balaban J connectivity index is 1.70. The van der Waals surface area contributed by atoms with Gasteiger partial charge in [-0.25, -0.2) is 0 Å². The minimum absolute atomic E-state index is 0.562. The van der Waals surface area contributed by atoms with E-state index in [9.17, 15) is 0 Å². The summed E-state index contributed by atoms with van der Waals surface area (Å²) >= 11 is 5.31. The topological polar surface area (TPSA) is 41.9 Å². The van der Waals surface area contributed by atoms with Crippen LogP contribution in [0.5, 0.6) is 0 Å². The van der Waals surface area contributed by atoms with Gasteiger partial charge in [0.1, 0.15) is 0 Å². The SMILES string of the molecule is CCn1ccc(CNC(=S)NC2CCCCC2)n1. The summed E-state index contributed by atoms with van der Waals surface area (Å²) in [6.45, 7) is 3.69. The van der Waals surface area contributed by atoms with Gasteiger partial charge in [-0.3, -0.25) is 4.68 Å². The van der Waals surface area contributed by atoms with Crippen molar-refractivity contribution >= 4 is 17.3 Å². The summed E-state index contributed by atoms with van der Waals surface area (Å²) in [7, 11) is 0. The van der Waals surface area contributed by atoms with Gasteiger partial charge < -0.3 is 10.6 Å². The number of aryl methyl sites for hydroxylation is 1. The molecule has 0 bridgehead atoms. The number of rotatable bonds is 4. The lowest BCUT2D eigenvalue weighted by molar-refractivity contribution is 0.412. The van der Waals surface area contributed by atoms with Gasteiger partial charge in [-0.2, -0.15) is 5.10 Å². The molecule has 1 aliphatic rings. The highest BCUT2D eigenvalue weighted by molar-refractivity contribution is 7.80. The number of nitrogens with one attached hydrogen (secondary N) is 2. The molecule has 0 amide bonds. The van der Waals surface area contributed by atoms with Crippen LogP contribution in [0, 0.1) is 0 Å². The van der Waals surface area contributed by atoms with Crippen LogP contribution in [0.25, 0.3) is 0 Å². The lowest BCUT2D eigenvalue weighted by atomic mass is 9.96. The minimum atomic E-state index is 0.562. The Morgan fingerprint density at radius 1 is 1.44 bits per heavy atom. The second-order valence-corrected chi connectivity index (χ2v) is 5.23. The van der Waals surface area contributed by atoms with Gasteiger partial charge >= 0.3 is 0 Å². The van der Waals surface area contributed by atoms with Crippen LogP contribution < -0.4 is 10.6 Å². The summed E-state index contributed by atoms with van der Waals surface area (Å²) in [4.78, 5) is 0. The molecule has 0 spiro atoms. The maximum Gasteiger partial charge on any atom is 0.166 e. The van der Waals surface area contributed by atoms with Crippen molar-refractivity contribution in [3.63, 3.8) is 0 Å². The van der Waals surface area contributed by atoms with Crippen molar-refractivity contribution in [1.82, 2.24) is 20.4 Å². The molecule has 4 nitrogen and oxygen atoms in total. The second kappa shape index (κ2) is 6.73. The fourth-order valence-electron chi connectivity index (χ4n) is 2.33. The van der Waals surface area contributed by atoms with E-state index in [1.165, 1.54) is 32.1 Å². The van der Waals surface area contributed by atoms with Gasteiger partial charge in [-0.1, -0.05) is 19.3 Å². The molecule has 1 saturated carbocycles. The number of aromatic nitrogens is 2. The molecule has 1 fully saturated rings. The third kappa shape index (κ3) is 3.98. The molecule has 1 aromatic heterocycles. The van der Waals surface area contributed by atoms with Crippen molar-refractivity contribution in [2.45, 2.75) is 58.2 Å². The minimum Gasteiger partial charge on any atom is -0.360 e. The van der Waals surface area contributed by atoms with Crippen LogP contribution in [0.2, 0.25) is 0 Å². The molecular weight excluding hydrogens is 244 g/mol. The molecule has 1 heterocycles. The molecule has 2 N–H and O–H groups in total. The second-order valence-electron chi connectivity index (χ2n) is 4.82. The summed E-state index contributed by atoms with van der Waals surface area (Å²) in [5, 5.41) is 11.8. The first kappa shape index (κ1) is 13.3. The first-order valence-electron chi connectivity index (χ1n) is 6.84. The monoisotopic (exact) mass is 266 g/mol. The van der Waals surface area contributed by atoms with Gasteiger partial charge in [-0.15, -0.1) is 0 Å². The van der Waals surface area contributed by atoms with Gasteiger partial charge in [0.05, 0.1) is 12.2 Å². The van der Waals surface area contributed by atoms with Gasteiger partial charge in [0.2, 0.25) is 0 Å². The van der Waals surface area contributed by atoms with Gasteiger partial charge in [0.15, 0.2) is 5.11 Å². The quantitative estimate of drug-likeness (QED) is 0.820. The average Bonchev–Trinajstić information content (AvgIpc) is 2.85. The zero-order chi connectivity index (χ0) is 12.8. The molecule has 0 atom stereocenters. The largest absolute Gasteiger partial charge is 0.360 e. The predicted octanol–water partition coefficient (Wildman–Crippen LogP) is 2.20. The van der Waals surface area contributed by atoms with Crippen molar-refractivity contribution in [3.8, 4) is 0 Å². The summed E-state index contributed by atoms with van der Waals surface area (Å²) in [5.41, 5.74) is 1.03. The number of thiocarbonyl (C=S) groups is 1. The highest BCUT2D eigenvalue weighted by Crippen LogP contribution is 2.17. The zero-order valence-electron chi connectivity index (χ0n) is 11.0. The van der Waals surface area contributed by atoms with Gasteiger partial charge in [0.25, 0.3) is 0 Å². The first-order chi connectivity index (χ1) is 8.78. The molecule has 1 aromatic rings. The molecule has 0 aliphatic heterocycles. The van der Waals surface area contributed by atoms with Crippen molar-refractivity contribution in [2.24, 2.45) is 0 Å². The molecule has 0 radical (unpaired) electrons. The Bertz CT molecular complexity index is 382. The zero-order valence-corrected chi connectivity index (χ0v) is 11.8. The highest BCUT2D eigenvalue weighted by atomic mass is 32.1. The summed E-state index contributed by atoms with van der Waals surface area (Å²) < 4.78 is 1.93. The lowest BCUT2D eigenvalue weighted by Gasteiger charge is -2.24. The highest BCUT2D eigenvalue weighted by Gasteiger charge is 2.13. The molecule has 2 rings (SSSR count). The molecule has 0 saturated heterocycles. The number of hydrogen-bond donors (Lipinski definition) is 2. The van der Waals surface area contributed by atoms with Crippen LogP contribution in [0.1, 0.15) is 44.7 Å². The standard InChI is InChI=1S/C13H22N4S/c1-2-17-9-8-12(16-17)10-14-13(18)15-11-6-4-3-5-7-11/h8-9,11H,2-7,10H2,1H3,(H2,14,15,18).